The molecule has 2 saturated heterocycles. The number of hydroxylamine groups is 4. The minimum absolute atomic E-state index is 0.220. The van der Waals surface area contributed by atoms with E-state index in [-0.39, 0.29) is 22.0 Å². The van der Waals surface area contributed by atoms with E-state index in [4.69, 9.17) is 0 Å². The van der Waals surface area contributed by atoms with Gasteiger partial charge in [-0.15, -0.1) is 0 Å². The second-order valence-electron chi connectivity index (χ2n) is 6.71. The van der Waals surface area contributed by atoms with Crippen LogP contribution in [0.3, 0.4) is 0 Å². The number of rotatable bonds is 0. The van der Waals surface area contributed by atoms with Gasteiger partial charge in [0.05, 0.1) is 0 Å². The van der Waals surface area contributed by atoms with Gasteiger partial charge < -0.3 is 0 Å². The molecule has 2 heterocycles. The van der Waals surface area contributed by atoms with Crippen LogP contribution in [0.15, 0.2) is 0 Å². The van der Waals surface area contributed by atoms with E-state index in [1.54, 1.807) is 0 Å². The van der Waals surface area contributed by atoms with E-state index in [9.17, 15) is 29.6 Å². The van der Waals surface area contributed by atoms with E-state index in [0.29, 0.717) is 25.7 Å². The molecule has 2 aliphatic carbocycles. The van der Waals surface area contributed by atoms with E-state index in [1.807, 2.05) is 0 Å². The Hall–Kier alpha value is -1.80. The third-order valence-electron chi connectivity index (χ3n) is 5.98. The van der Waals surface area contributed by atoms with Crippen molar-refractivity contribution in [1.29, 1.82) is 0 Å². The quantitative estimate of drug-likeness (QED) is 0.472. The molecule has 0 aromatic carbocycles. The van der Waals surface area contributed by atoms with Gasteiger partial charge in [0.15, 0.2) is 0 Å². The summed E-state index contributed by atoms with van der Waals surface area (Å²) in [6.07, 6.45) is 1.52. The number of hydrogen-bond acceptors (Lipinski definition) is 6. The normalized spacial score (nSPS) is 44.3. The number of carbonyl (C=O) groups is 4. The summed E-state index contributed by atoms with van der Waals surface area (Å²) in [6.45, 7) is 0. The molecule has 22 heavy (non-hydrogen) atoms. The summed E-state index contributed by atoms with van der Waals surface area (Å²) in [4.78, 5) is 48.7. The van der Waals surface area contributed by atoms with Gasteiger partial charge in [-0.2, -0.15) is 10.1 Å². The molecule has 0 aromatic heterocycles. The molecule has 4 atom stereocenters. The highest BCUT2D eigenvalue weighted by Gasteiger charge is 2.63. The standard InChI is InChI=1S/C14H16N2O6/c17-11-5-1-2-6-10-8(14(20)16(22)12(6)18)4-3-7(9(5)10)13(19)15(11)21/h5-10,21-22H,1-4H2. The van der Waals surface area contributed by atoms with Crippen molar-refractivity contribution in [3.63, 3.8) is 0 Å². The van der Waals surface area contributed by atoms with Gasteiger partial charge in [0, 0.05) is 23.7 Å². The van der Waals surface area contributed by atoms with Crippen LogP contribution < -0.4 is 0 Å². The van der Waals surface area contributed by atoms with Gasteiger partial charge in [-0.05, 0) is 37.5 Å². The zero-order valence-corrected chi connectivity index (χ0v) is 11.7. The SMILES string of the molecule is O=C1C2CCC3C(=O)N(O)C(=O)C4CCC(C(=O)N1O)C2C34. The maximum Gasteiger partial charge on any atom is 0.256 e. The summed E-state index contributed by atoms with van der Waals surface area (Å²) in [7, 11) is 0. The fraction of sp³-hybridized carbons (Fsp3) is 0.714. The lowest BCUT2D eigenvalue weighted by molar-refractivity contribution is -0.221. The van der Waals surface area contributed by atoms with Crippen LogP contribution in [0.4, 0.5) is 0 Å². The van der Waals surface area contributed by atoms with E-state index >= 15 is 0 Å². The molecule has 0 spiro atoms. The average Bonchev–Trinajstić information content (AvgIpc) is 2.53. The van der Waals surface area contributed by atoms with Gasteiger partial charge in [0.25, 0.3) is 23.6 Å². The van der Waals surface area contributed by atoms with Crippen molar-refractivity contribution in [3.05, 3.63) is 0 Å². The molecule has 4 amide bonds. The maximum atomic E-state index is 12.2. The number of piperidine rings is 2. The van der Waals surface area contributed by atoms with Crippen molar-refractivity contribution in [2.45, 2.75) is 25.7 Å². The highest BCUT2D eigenvalue weighted by Crippen LogP contribution is 2.56. The van der Waals surface area contributed by atoms with Gasteiger partial charge in [-0.3, -0.25) is 29.6 Å². The van der Waals surface area contributed by atoms with Crippen molar-refractivity contribution in [1.82, 2.24) is 10.1 Å². The first-order valence-electron chi connectivity index (χ1n) is 7.57. The topological polar surface area (TPSA) is 115 Å². The molecule has 2 aliphatic heterocycles. The lowest BCUT2D eigenvalue weighted by atomic mass is 9.51. The van der Waals surface area contributed by atoms with Gasteiger partial charge in [0.2, 0.25) is 0 Å². The van der Waals surface area contributed by atoms with Crippen LogP contribution in [0.5, 0.6) is 0 Å². The second kappa shape index (κ2) is 4.36. The van der Waals surface area contributed by atoms with Gasteiger partial charge >= 0.3 is 0 Å². The van der Waals surface area contributed by atoms with Crippen LogP contribution in [-0.4, -0.2) is 44.2 Å². The third-order valence-corrected chi connectivity index (χ3v) is 5.98. The molecule has 2 N–H and O–H groups in total. The Labute approximate surface area is 125 Å². The van der Waals surface area contributed by atoms with Crippen LogP contribution in [0.2, 0.25) is 0 Å². The average molecular weight is 308 g/mol. The fourth-order valence-electron chi connectivity index (χ4n) is 5.12. The van der Waals surface area contributed by atoms with Crippen molar-refractivity contribution in [3.8, 4) is 0 Å². The maximum absolute atomic E-state index is 12.2. The number of imide groups is 2. The zero-order valence-electron chi connectivity index (χ0n) is 11.7. The monoisotopic (exact) mass is 308 g/mol. The molecular formula is C14H16N2O6. The summed E-state index contributed by atoms with van der Waals surface area (Å²) < 4.78 is 0. The first-order valence-corrected chi connectivity index (χ1v) is 7.57. The third kappa shape index (κ3) is 1.49. The van der Waals surface area contributed by atoms with Crippen LogP contribution in [0.25, 0.3) is 0 Å². The Morgan fingerprint density at radius 2 is 0.818 bits per heavy atom. The molecule has 118 valence electrons. The molecule has 8 heteroatoms. The predicted octanol–water partition coefficient (Wildman–Crippen LogP) is -0.213. The molecule has 2 saturated carbocycles. The molecule has 8 nitrogen and oxygen atoms in total. The first-order chi connectivity index (χ1) is 10.4. The van der Waals surface area contributed by atoms with Crippen molar-refractivity contribution >= 4 is 23.6 Å². The highest BCUT2D eigenvalue weighted by atomic mass is 16.5. The summed E-state index contributed by atoms with van der Waals surface area (Å²) in [5.41, 5.74) is 0. The molecule has 0 bridgehead atoms. The second-order valence-corrected chi connectivity index (χ2v) is 6.71. The van der Waals surface area contributed by atoms with Crippen LogP contribution in [0, 0.1) is 35.5 Å². The Balaban J connectivity index is 1.79. The van der Waals surface area contributed by atoms with Crippen LogP contribution in [0.1, 0.15) is 25.7 Å². The summed E-state index contributed by atoms with van der Waals surface area (Å²) >= 11 is 0. The highest BCUT2D eigenvalue weighted by molar-refractivity contribution is 6.02. The zero-order chi connectivity index (χ0) is 15.8. The first kappa shape index (κ1) is 13.8. The van der Waals surface area contributed by atoms with Gasteiger partial charge in [-0.1, -0.05) is 0 Å². The van der Waals surface area contributed by atoms with Crippen LogP contribution >= 0.6 is 0 Å². The van der Waals surface area contributed by atoms with Gasteiger partial charge in [-0.25, -0.2) is 0 Å². The number of amides is 4. The minimum atomic E-state index is -0.628. The largest absolute Gasteiger partial charge is 0.278 e. The van der Waals surface area contributed by atoms with Gasteiger partial charge in [0.1, 0.15) is 0 Å². The summed E-state index contributed by atoms with van der Waals surface area (Å²) in [6, 6.07) is 0. The Kier molecular flexibility index (Phi) is 2.74. The van der Waals surface area contributed by atoms with E-state index < -0.39 is 47.3 Å². The number of carbonyl (C=O) groups excluding carboxylic acids is 4. The number of nitrogens with zero attached hydrogens (tertiary/aromatic N) is 2. The van der Waals surface area contributed by atoms with Crippen molar-refractivity contribution in [2.75, 3.05) is 0 Å². The van der Waals surface area contributed by atoms with E-state index in [2.05, 4.69) is 0 Å². The predicted molar refractivity (Wildman–Crippen MR) is 66.7 cm³/mol. The summed E-state index contributed by atoms with van der Waals surface area (Å²) in [5.74, 6) is -5.39. The Morgan fingerprint density at radius 3 is 1.05 bits per heavy atom. The molecule has 4 unspecified atom stereocenters. The van der Waals surface area contributed by atoms with Crippen LogP contribution in [-0.2, 0) is 19.2 Å². The molecule has 0 aromatic rings. The molecule has 4 fully saturated rings. The van der Waals surface area contributed by atoms with E-state index in [1.165, 1.54) is 0 Å². The molecule has 0 radical (unpaired) electrons. The number of hydrogen-bond donors (Lipinski definition) is 2. The lowest BCUT2D eigenvalue weighted by Crippen LogP contribution is -2.65. The van der Waals surface area contributed by atoms with Crippen molar-refractivity contribution in [2.24, 2.45) is 35.5 Å². The van der Waals surface area contributed by atoms with Crippen molar-refractivity contribution < 1.29 is 29.6 Å². The molecule has 4 aliphatic rings. The molecular weight excluding hydrogens is 292 g/mol. The lowest BCUT2D eigenvalue weighted by Gasteiger charge is -2.55. The summed E-state index contributed by atoms with van der Waals surface area (Å²) in [5, 5.41) is 19.8. The fourth-order valence-corrected chi connectivity index (χ4v) is 5.12. The minimum Gasteiger partial charge on any atom is -0.278 e. The Morgan fingerprint density at radius 1 is 0.591 bits per heavy atom. The Bertz CT molecular complexity index is 504. The van der Waals surface area contributed by atoms with E-state index in [0.717, 1.165) is 0 Å². The smallest absolute Gasteiger partial charge is 0.256 e. The molecule has 4 rings (SSSR count).